The predicted octanol–water partition coefficient (Wildman–Crippen LogP) is 1.45. The smallest absolute Gasteiger partial charge is 0.362 e. The minimum atomic E-state index is -2.33. The molecule has 1 fully saturated rings. The highest BCUT2D eigenvalue weighted by molar-refractivity contribution is 6.05. The molecule has 124 valence electrons. The first-order valence-electron chi connectivity index (χ1n) is 7.34. The van der Waals surface area contributed by atoms with Gasteiger partial charge in [0.2, 0.25) is 0 Å². The monoisotopic (exact) mass is 314 g/mol. The zero-order valence-electron chi connectivity index (χ0n) is 12.7. The van der Waals surface area contributed by atoms with Crippen molar-refractivity contribution in [3.63, 3.8) is 0 Å². The summed E-state index contributed by atoms with van der Waals surface area (Å²) in [7, 11) is 0. The van der Waals surface area contributed by atoms with E-state index in [1.165, 1.54) is 0 Å². The van der Waals surface area contributed by atoms with Gasteiger partial charge in [-0.2, -0.15) is 0 Å². The lowest BCUT2D eigenvalue weighted by atomic mass is 9.95. The molecule has 0 amide bonds. The molecule has 1 rings (SSSR count). The van der Waals surface area contributed by atoms with Crippen LogP contribution in [0.4, 0.5) is 0 Å². The van der Waals surface area contributed by atoms with E-state index in [4.69, 9.17) is 14.2 Å². The molecule has 0 aliphatic carbocycles. The minimum Gasteiger partial charge on any atom is -0.478 e. The van der Waals surface area contributed by atoms with Gasteiger partial charge in [0.05, 0.1) is 6.61 Å². The number of carboxylic acid groups (broad SMARTS) is 1. The van der Waals surface area contributed by atoms with E-state index in [1.54, 1.807) is 0 Å². The van der Waals surface area contributed by atoms with Crippen LogP contribution in [0, 0.1) is 0 Å². The normalized spacial score (nSPS) is 18.9. The zero-order valence-corrected chi connectivity index (χ0v) is 12.7. The predicted molar refractivity (Wildman–Crippen MR) is 76.1 cm³/mol. The number of carbonyl (C=O) groups is 3. The van der Waals surface area contributed by atoms with E-state index in [0.29, 0.717) is 13.0 Å². The second kappa shape index (κ2) is 8.53. The second-order valence-corrected chi connectivity index (χ2v) is 5.12. The van der Waals surface area contributed by atoms with E-state index in [2.05, 4.69) is 6.58 Å². The molecule has 1 N–H and O–H groups in total. The van der Waals surface area contributed by atoms with Crippen LogP contribution < -0.4 is 0 Å². The summed E-state index contributed by atoms with van der Waals surface area (Å²) in [6.45, 7) is 5.65. The molecule has 0 radical (unpaired) electrons. The van der Waals surface area contributed by atoms with Gasteiger partial charge in [-0.15, -0.1) is 0 Å². The first-order valence-corrected chi connectivity index (χ1v) is 7.34. The first-order chi connectivity index (χ1) is 10.5. The van der Waals surface area contributed by atoms with E-state index in [9.17, 15) is 19.5 Å². The number of carboxylic acids is 1. The van der Waals surface area contributed by atoms with E-state index in [-0.39, 0.29) is 19.1 Å². The van der Waals surface area contributed by atoms with Crippen LogP contribution in [-0.4, -0.2) is 47.9 Å². The van der Waals surface area contributed by atoms with Gasteiger partial charge in [-0.25, -0.2) is 14.4 Å². The maximum absolute atomic E-state index is 12.2. The molecule has 7 nitrogen and oxygen atoms in total. The van der Waals surface area contributed by atoms with Crippen molar-refractivity contribution in [3.8, 4) is 0 Å². The second-order valence-electron chi connectivity index (χ2n) is 5.12. The number of hydrogen-bond donors (Lipinski definition) is 1. The fourth-order valence-electron chi connectivity index (χ4n) is 1.90. The van der Waals surface area contributed by atoms with Gasteiger partial charge in [-0.05, 0) is 6.42 Å². The van der Waals surface area contributed by atoms with Gasteiger partial charge in [0.25, 0.3) is 0 Å². The lowest BCUT2D eigenvalue weighted by Gasteiger charge is -2.26. The molecule has 0 saturated carbocycles. The maximum atomic E-state index is 12.2. The number of ether oxygens (including phenoxy) is 3. The molecule has 2 atom stereocenters. The summed E-state index contributed by atoms with van der Waals surface area (Å²) in [5, 5.41) is 9.43. The van der Waals surface area contributed by atoms with Crippen LogP contribution in [-0.2, 0) is 28.6 Å². The van der Waals surface area contributed by atoms with Crippen LogP contribution >= 0.6 is 0 Å². The largest absolute Gasteiger partial charge is 0.478 e. The molecular formula is C15H22O7. The van der Waals surface area contributed by atoms with Gasteiger partial charge in [0, 0.05) is 12.5 Å². The highest BCUT2D eigenvalue weighted by atomic mass is 16.6. The summed E-state index contributed by atoms with van der Waals surface area (Å²) >= 11 is 0. The zero-order chi connectivity index (χ0) is 16.6. The van der Waals surface area contributed by atoms with Crippen LogP contribution in [0.5, 0.6) is 0 Å². The molecule has 7 heteroatoms. The first kappa shape index (κ1) is 18.2. The van der Waals surface area contributed by atoms with Crippen LogP contribution in [0.25, 0.3) is 0 Å². The minimum absolute atomic E-state index is 0.0472. The Morgan fingerprint density at radius 1 is 1.36 bits per heavy atom. The Morgan fingerprint density at radius 3 is 2.55 bits per heavy atom. The third-order valence-corrected chi connectivity index (χ3v) is 3.30. The van der Waals surface area contributed by atoms with Crippen LogP contribution in [0.1, 0.15) is 39.0 Å². The van der Waals surface area contributed by atoms with Gasteiger partial charge < -0.3 is 19.3 Å². The number of rotatable bonds is 11. The Hall–Kier alpha value is -1.89. The lowest BCUT2D eigenvalue weighted by Crippen LogP contribution is -2.51. The van der Waals surface area contributed by atoms with Gasteiger partial charge in [-0.3, -0.25) is 0 Å². The van der Waals surface area contributed by atoms with Crippen molar-refractivity contribution in [2.75, 3.05) is 13.2 Å². The third-order valence-electron chi connectivity index (χ3n) is 3.30. The van der Waals surface area contributed by atoms with Crippen molar-refractivity contribution < 1.29 is 33.7 Å². The van der Waals surface area contributed by atoms with E-state index in [1.807, 2.05) is 6.92 Å². The van der Waals surface area contributed by atoms with E-state index < -0.39 is 23.5 Å². The molecule has 1 aliphatic rings. The Kier molecular flexibility index (Phi) is 7.04. The SMILES string of the molecule is C=CC(=O)OC(CCCCCC)(C(=O)O)C(=O)OCC1CO1. The molecule has 0 spiro atoms. The maximum Gasteiger partial charge on any atom is 0.362 e. The van der Waals surface area contributed by atoms with Crippen LogP contribution in [0.3, 0.4) is 0 Å². The number of unbranched alkanes of at least 4 members (excludes halogenated alkanes) is 3. The fourth-order valence-corrected chi connectivity index (χ4v) is 1.90. The van der Waals surface area contributed by atoms with Crippen molar-refractivity contribution in [1.82, 2.24) is 0 Å². The molecule has 0 bridgehead atoms. The number of epoxide rings is 1. The lowest BCUT2D eigenvalue weighted by molar-refractivity contribution is -0.193. The molecule has 0 aromatic rings. The quantitative estimate of drug-likeness (QED) is 0.202. The summed E-state index contributed by atoms with van der Waals surface area (Å²) in [6.07, 6.45) is 3.50. The molecule has 0 aromatic heterocycles. The highest BCUT2D eigenvalue weighted by Gasteiger charge is 2.51. The van der Waals surface area contributed by atoms with E-state index in [0.717, 1.165) is 25.3 Å². The van der Waals surface area contributed by atoms with Gasteiger partial charge in [0.1, 0.15) is 12.7 Å². The van der Waals surface area contributed by atoms with Crippen molar-refractivity contribution in [1.29, 1.82) is 0 Å². The molecule has 1 saturated heterocycles. The summed E-state index contributed by atoms with van der Waals surface area (Å²) in [6, 6.07) is 0. The number of hydrogen-bond acceptors (Lipinski definition) is 6. The third kappa shape index (κ3) is 5.14. The summed E-state index contributed by atoms with van der Waals surface area (Å²) in [5.41, 5.74) is -2.33. The Balaban J connectivity index is 2.80. The fraction of sp³-hybridized carbons (Fsp3) is 0.667. The van der Waals surface area contributed by atoms with Gasteiger partial charge in [-0.1, -0.05) is 32.8 Å². The number of aliphatic carboxylic acids is 1. The Labute approximate surface area is 129 Å². The van der Waals surface area contributed by atoms with Gasteiger partial charge in [0.15, 0.2) is 0 Å². The molecule has 22 heavy (non-hydrogen) atoms. The van der Waals surface area contributed by atoms with Crippen molar-refractivity contribution in [2.45, 2.75) is 50.7 Å². The Bertz CT molecular complexity index is 428. The summed E-state index contributed by atoms with van der Waals surface area (Å²) < 4.78 is 14.7. The number of carbonyl (C=O) groups excluding carboxylic acids is 2. The standard InChI is InChI=1S/C15H22O7/c1-3-5-6-7-8-15(13(17)18,22-12(16)4-2)14(19)21-10-11-9-20-11/h4,11H,2-3,5-10H2,1H3,(H,17,18). The molecule has 2 unspecified atom stereocenters. The average Bonchev–Trinajstić information content (AvgIpc) is 3.31. The van der Waals surface area contributed by atoms with Crippen molar-refractivity contribution in [2.24, 2.45) is 0 Å². The number of esters is 2. The molecule has 1 aliphatic heterocycles. The van der Waals surface area contributed by atoms with Crippen molar-refractivity contribution >= 4 is 17.9 Å². The average molecular weight is 314 g/mol. The highest BCUT2D eigenvalue weighted by Crippen LogP contribution is 2.24. The molecule has 1 heterocycles. The molecular weight excluding hydrogens is 292 g/mol. The van der Waals surface area contributed by atoms with Crippen LogP contribution in [0.15, 0.2) is 12.7 Å². The van der Waals surface area contributed by atoms with Crippen LogP contribution in [0.2, 0.25) is 0 Å². The Morgan fingerprint density at radius 2 is 2.05 bits per heavy atom. The summed E-state index contributed by atoms with van der Waals surface area (Å²) in [5.74, 6) is -3.60. The van der Waals surface area contributed by atoms with E-state index >= 15 is 0 Å². The van der Waals surface area contributed by atoms with Gasteiger partial charge >= 0.3 is 23.5 Å². The van der Waals surface area contributed by atoms with Crippen molar-refractivity contribution in [3.05, 3.63) is 12.7 Å². The summed E-state index contributed by atoms with van der Waals surface area (Å²) in [4.78, 5) is 35.2. The molecule has 0 aromatic carbocycles. The topological polar surface area (TPSA) is 102 Å².